The van der Waals surface area contributed by atoms with Gasteiger partial charge in [-0.2, -0.15) is 0 Å². The van der Waals surface area contributed by atoms with Crippen molar-refractivity contribution in [2.45, 2.75) is 26.2 Å². The summed E-state index contributed by atoms with van der Waals surface area (Å²) in [5, 5.41) is 0. The first-order valence-electron chi connectivity index (χ1n) is 7.28. The second-order valence-electron chi connectivity index (χ2n) is 5.54. The van der Waals surface area contributed by atoms with Gasteiger partial charge in [0, 0.05) is 16.7 Å². The molecule has 21 heavy (non-hydrogen) atoms. The van der Waals surface area contributed by atoms with Crippen LogP contribution in [0.1, 0.15) is 23.1 Å². The minimum Gasteiger partial charge on any atom is -0.312 e. The minimum atomic E-state index is 0.184. The highest BCUT2D eigenvalue weighted by Crippen LogP contribution is 2.31. The predicted molar refractivity (Wildman–Crippen MR) is 89.7 cm³/mol. The fraction of sp³-hybridized carbons (Fsp3) is 0.278. The van der Waals surface area contributed by atoms with Crippen molar-refractivity contribution >= 4 is 27.5 Å². The van der Waals surface area contributed by atoms with Crippen LogP contribution in [0.3, 0.4) is 0 Å². The summed E-state index contributed by atoms with van der Waals surface area (Å²) in [6.07, 6.45) is 2.56. The first-order valence-corrected chi connectivity index (χ1v) is 8.08. The summed E-state index contributed by atoms with van der Waals surface area (Å²) in [5.74, 6) is 0.184. The molecule has 3 heteroatoms. The van der Waals surface area contributed by atoms with E-state index in [1.807, 2.05) is 29.2 Å². The number of halogens is 1. The summed E-state index contributed by atoms with van der Waals surface area (Å²) in [5.41, 5.74) is 4.66. The molecule has 1 amide bonds. The number of amides is 1. The summed E-state index contributed by atoms with van der Waals surface area (Å²) in [4.78, 5) is 14.7. The van der Waals surface area contributed by atoms with Crippen LogP contribution in [0.5, 0.6) is 0 Å². The lowest BCUT2D eigenvalue weighted by Crippen LogP contribution is -2.37. The first-order chi connectivity index (χ1) is 10.1. The molecule has 108 valence electrons. The van der Waals surface area contributed by atoms with Crippen molar-refractivity contribution in [3.63, 3.8) is 0 Å². The monoisotopic (exact) mass is 343 g/mol. The number of hydrogen-bond donors (Lipinski definition) is 0. The number of nitrogens with zero attached hydrogens (tertiary/aromatic N) is 1. The molecule has 0 fully saturated rings. The number of carbonyl (C=O) groups excluding carboxylic acids is 1. The Morgan fingerprint density at radius 3 is 2.86 bits per heavy atom. The van der Waals surface area contributed by atoms with E-state index in [-0.39, 0.29) is 5.91 Å². The Bertz CT molecular complexity index is 681. The van der Waals surface area contributed by atoms with Gasteiger partial charge >= 0.3 is 0 Å². The van der Waals surface area contributed by atoms with Crippen molar-refractivity contribution in [2.24, 2.45) is 0 Å². The van der Waals surface area contributed by atoms with Crippen molar-refractivity contribution in [3.05, 3.63) is 63.6 Å². The fourth-order valence-electron chi connectivity index (χ4n) is 3.01. The Kier molecular flexibility index (Phi) is 4.11. The van der Waals surface area contributed by atoms with Gasteiger partial charge in [0.2, 0.25) is 5.91 Å². The zero-order valence-corrected chi connectivity index (χ0v) is 13.7. The van der Waals surface area contributed by atoms with Crippen molar-refractivity contribution in [1.82, 2.24) is 0 Å². The molecule has 2 aromatic rings. The van der Waals surface area contributed by atoms with Gasteiger partial charge in [-0.25, -0.2) is 0 Å². The van der Waals surface area contributed by atoms with Crippen LogP contribution in [-0.2, 0) is 17.6 Å². The van der Waals surface area contributed by atoms with Crippen LogP contribution in [0.4, 0.5) is 5.69 Å². The molecule has 2 aromatic carbocycles. The van der Waals surface area contributed by atoms with Crippen LogP contribution in [0.2, 0.25) is 0 Å². The van der Waals surface area contributed by atoms with Crippen LogP contribution in [-0.4, -0.2) is 12.5 Å². The highest BCUT2D eigenvalue weighted by atomic mass is 79.9. The average molecular weight is 344 g/mol. The molecule has 0 saturated heterocycles. The smallest absolute Gasteiger partial charge is 0.231 e. The van der Waals surface area contributed by atoms with Gasteiger partial charge in [0.25, 0.3) is 0 Å². The molecule has 0 aromatic heterocycles. The number of aryl methyl sites for hydroxylation is 2. The summed E-state index contributed by atoms with van der Waals surface area (Å²) in [7, 11) is 0. The van der Waals surface area contributed by atoms with Gasteiger partial charge < -0.3 is 4.90 Å². The summed E-state index contributed by atoms with van der Waals surface area (Å²) < 4.78 is 1.02. The van der Waals surface area contributed by atoms with Gasteiger partial charge in [-0.05, 0) is 48.6 Å². The maximum atomic E-state index is 12.7. The van der Waals surface area contributed by atoms with Crippen molar-refractivity contribution in [2.75, 3.05) is 11.4 Å². The quantitative estimate of drug-likeness (QED) is 0.796. The number of carbonyl (C=O) groups is 1. The third-order valence-corrected chi connectivity index (χ3v) is 4.46. The molecule has 0 N–H and O–H groups in total. The van der Waals surface area contributed by atoms with Crippen LogP contribution in [0, 0.1) is 6.92 Å². The van der Waals surface area contributed by atoms with Crippen molar-refractivity contribution < 1.29 is 4.79 Å². The Labute approximate surface area is 133 Å². The molecule has 2 nitrogen and oxygen atoms in total. The second kappa shape index (κ2) is 6.02. The third kappa shape index (κ3) is 3.03. The Morgan fingerprint density at radius 2 is 2.05 bits per heavy atom. The summed E-state index contributed by atoms with van der Waals surface area (Å²) >= 11 is 3.46. The van der Waals surface area contributed by atoms with E-state index in [1.54, 1.807) is 0 Å². The Hall–Kier alpha value is -1.61. The molecule has 0 saturated carbocycles. The van der Waals surface area contributed by atoms with Crippen LogP contribution in [0.15, 0.2) is 46.9 Å². The molecule has 0 atom stereocenters. The van der Waals surface area contributed by atoms with E-state index in [9.17, 15) is 4.79 Å². The molecule has 1 aliphatic heterocycles. The molecule has 1 heterocycles. The zero-order chi connectivity index (χ0) is 14.8. The molecule has 0 aliphatic carbocycles. The standard InChI is InChI=1S/C18H18BrNO/c1-13-5-2-7-15-8-4-10-20(18(13)15)17(21)12-14-6-3-9-16(19)11-14/h2-3,5-7,9,11H,4,8,10,12H2,1H3. The van der Waals surface area contributed by atoms with Crippen LogP contribution >= 0.6 is 15.9 Å². The fourth-order valence-corrected chi connectivity index (χ4v) is 3.46. The number of hydrogen-bond acceptors (Lipinski definition) is 1. The van der Waals surface area contributed by atoms with E-state index < -0.39 is 0 Å². The van der Waals surface area contributed by atoms with Gasteiger partial charge in [-0.1, -0.05) is 46.3 Å². The molecule has 0 bridgehead atoms. The Balaban J connectivity index is 1.87. The molecule has 0 radical (unpaired) electrons. The topological polar surface area (TPSA) is 20.3 Å². The normalized spacial score (nSPS) is 13.9. The first kappa shape index (κ1) is 14.3. The van der Waals surface area contributed by atoms with Gasteiger partial charge in [0.15, 0.2) is 0 Å². The predicted octanol–water partition coefficient (Wildman–Crippen LogP) is 4.28. The number of fused-ring (bicyclic) bond motifs is 1. The van der Waals surface area contributed by atoms with Gasteiger partial charge in [-0.15, -0.1) is 0 Å². The second-order valence-corrected chi connectivity index (χ2v) is 6.45. The molecular weight excluding hydrogens is 326 g/mol. The molecule has 1 aliphatic rings. The maximum Gasteiger partial charge on any atom is 0.231 e. The van der Waals surface area contributed by atoms with E-state index >= 15 is 0 Å². The largest absolute Gasteiger partial charge is 0.312 e. The minimum absolute atomic E-state index is 0.184. The number of benzene rings is 2. The number of anilines is 1. The van der Waals surface area contributed by atoms with E-state index in [1.165, 1.54) is 11.1 Å². The summed E-state index contributed by atoms with van der Waals surface area (Å²) in [6.45, 7) is 2.91. The zero-order valence-electron chi connectivity index (χ0n) is 12.1. The van der Waals surface area contributed by atoms with E-state index in [0.29, 0.717) is 6.42 Å². The van der Waals surface area contributed by atoms with Crippen LogP contribution in [0.25, 0.3) is 0 Å². The molecule has 3 rings (SSSR count). The molecule has 0 spiro atoms. The van der Waals surface area contributed by atoms with Gasteiger partial charge in [-0.3, -0.25) is 4.79 Å². The van der Waals surface area contributed by atoms with Crippen molar-refractivity contribution in [3.8, 4) is 0 Å². The molecule has 0 unspecified atom stereocenters. The maximum absolute atomic E-state index is 12.7. The van der Waals surface area contributed by atoms with E-state index in [2.05, 4.69) is 41.1 Å². The van der Waals surface area contributed by atoms with Gasteiger partial charge in [0.05, 0.1) is 6.42 Å². The lowest BCUT2D eigenvalue weighted by molar-refractivity contribution is -0.118. The van der Waals surface area contributed by atoms with E-state index in [4.69, 9.17) is 0 Å². The van der Waals surface area contributed by atoms with Crippen LogP contribution < -0.4 is 4.90 Å². The SMILES string of the molecule is Cc1cccc2c1N(C(=O)Cc1cccc(Br)c1)CCC2. The summed E-state index contributed by atoms with van der Waals surface area (Å²) in [6, 6.07) is 14.3. The lowest BCUT2D eigenvalue weighted by Gasteiger charge is -2.31. The highest BCUT2D eigenvalue weighted by molar-refractivity contribution is 9.10. The number of rotatable bonds is 2. The average Bonchev–Trinajstić information content (AvgIpc) is 2.47. The number of para-hydroxylation sites is 1. The Morgan fingerprint density at radius 1 is 1.24 bits per heavy atom. The van der Waals surface area contributed by atoms with Crippen molar-refractivity contribution in [1.29, 1.82) is 0 Å². The van der Waals surface area contributed by atoms with E-state index in [0.717, 1.165) is 35.1 Å². The lowest BCUT2D eigenvalue weighted by atomic mass is 9.97. The highest BCUT2D eigenvalue weighted by Gasteiger charge is 2.23. The van der Waals surface area contributed by atoms with Gasteiger partial charge in [0.1, 0.15) is 0 Å². The molecular formula is C18H18BrNO. The third-order valence-electron chi connectivity index (χ3n) is 3.96.